The van der Waals surface area contributed by atoms with E-state index in [9.17, 15) is 45.2 Å². The summed E-state index contributed by atoms with van der Waals surface area (Å²) in [5.74, 6) is -2.56. The van der Waals surface area contributed by atoms with Crippen molar-refractivity contribution < 1.29 is 44.7 Å². The van der Waals surface area contributed by atoms with Gasteiger partial charge in [-0.1, -0.05) is 13.0 Å². The zero-order chi connectivity index (χ0) is 30.0. The van der Waals surface area contributed by atoms with Crippen LogP contribution in [0.5, 0.6) is 0 Å². The van der Waals surface area contributed by atoms with Crippen LogP contribution in [0.4, 0.5) is 26.7 Å². The largest absolute Gasteiger partial charge is 0.425 e. The number of likely N-dealkylation sites (tertiary alicyclic amines) is 1. The molecule has 2 amide bonds. The van der Waals surface area contributed by atoms with Gasteiger partial charge < -0.3 is 15.0 Å². The predicted octanol–water partition coefficient (Wildman–Crippen LogP) is 4.93. The fraction of sp³-hybridized carbons (Fsp3) is 0.444. The van der Waals surface area contributed by atoms with Crippen LogP contribution in [0.3, 0.4) is 0 Å². The summed E-state index contributed by atoms with van der Waals surface area (Å²) in [5, 5.41) is 10.0. The van der Waals surface area contributed by atoms with Gasteiger partial charge in [0.25, 0.3) is 0 Å². The third-order valence-electron chi connectivity index (χ3n) is 7.81. The van der Waals surface area contributed by atoms with Crippen LogP contribution in [0.15, 0.2) is 41.3 Å². The van der Waals surface area contributed by atoms with Crippen molar-refractivity contribution in [1.82, 2.24) is 10.2 Å². The number of hydrogen-bond donors (Lipinski definition) is 1. The molecule has 2 aliphatic carbocycles. The lowest BCUT2D eigenvalue weighted by atomic mass is 10.0. The molecule has 1 saturated heterocycles. The molecule has 8 nitrogen and oxygen atoms in total. The van der Waals surface area contributed by atoms with Crippen molar-refractivity contribution in [3.8, 4) is 17.2 Å². The van der Waals surface area contributed by atoms with Crippen LogP contribution < -0.4 is 5.32 Å². The molecule has 14 heteroatoms. The number of nitriles is 1. The van der Waals surface area contributed by atoms with E-state index in [1.807, 2.05) is 6.07 Å². The zero-order valence-electron chi connectivity index (χ0n) is 21.6. The molecule has 2 atom stereocenters. The van der Waals surface area contributed by atoms with E-state index < -0.39 is 85.5 Å². The molecule has 218 valence electrons. The fourth-order valence-corrected chi connectivity index (χ4v) is 6.74. The van der Waals surface area contributed by atoms with Crippen molar-refractivity contribution in [3.05, 3.63) is 53.6 Å². The Kier molecular flexibility index (Phi) is 6.80. The van der Waals surface area contributed by atoms with Crippen LogP contribution in [0.2, 0.25) is 0 Å². The first kappa shape index (κ1) is 28.8. The van der Waals surface area contributed by atoms with Crippen molar-refractivity contribution in [3.63, 3.8) is 0 Å². The first-order chi connectivity index (χ1) is 19.1. The summed E-state index contributed by atoms with van der Waals surface area (Å²) in [6.45, 7) is 1.13. The molecular weight excluding hydrogens is 573 g/mol. The van der Waals surface area contributed by atoms with Crippen LogP contribution in [-0.2, 0) is 25.5 Å². The summed E-state index contributed by atoms with van der Waals surface area (Å²) in [5.41, 5.74) is -4.15. The normalized spacial score (nSPS) is 22.5. The van der Waals surface area contributed by atoms with Crippen LogP contribution in [0.25, 0.3) is 11.1 Å². The van der Waals surface area contributed by atoms with Gasteiger partial charge in [-0.2, -0.15) is 18.4 Å². The number of amides is 2. The molecule has 5 rings (SSSR count). The highest BCUT2D eigenvalue weighted by molar-refractivity contribution is 7.92. The number of rotatable bonds is 6. The zero-order valence-corrected chi connectivity index (χ0v) is 22.4. The van der Waals surface area contributed by atoms with Gasteiger partial charge in [-0.05, 0) is 55.5 Å². The average molecular weight is 598 g/mol. The lowest BCUT2D eigenvalue weighted by molar-refractivity contribution is -0.143. The molecule has 0 spiro atoms. The average Bonchev–Trinajstić information content (AvgIpc) is 3.80. The van der Waals surface area contributed by atoms with E-state index in [2.05, 4.69) is 5.32 Å². The Morgan fingerprint density at radius 2 is 1.78 bits per heavy atom. The minimum absolute atomic E-state index is 0.317. The highest BCUT2D eigenvalue weighted by Gasteiger charge is 2.54. The molecule has 1 heterocycles. The number of carbonyl (C=O) groups excluding carboxylic acids is 2. The molecule has 3 aliphatic rings. The number of nitrogens with one attached hydrogen (secondary N) is 1. The van der Waals surface area contributed by atoms with Crippen LogP contribution >= 0.6 is 0 Å². The van der Waals surface area contributed by atoms with Gasteiger partial charge in [0, 0.05) is 30.0 Å². The summed E-state index contributed by atoms with van der Waals surface area (Å²) in [4.78, 5) is 25.7. The Bertz CT molecular complexity index is 1580. The number of benzene rings is 2. The van der Waals surface area contributed by atoms with E-state index in [1.165, 1.54) is 0 Å². The molecule has 3 fully saturated rings. The number of ether oxygens (including phenoxy) is 1. The summed E-state index contributed by atoms with van der Waals surface area (Å²) in [6.07, 6.45) is -6.31. The maximum absolute atomic E-state index is 14.3. The summed E-state index contributed by atoms with van der Waals surface area (Å²) >= 11 is 0. The third kappa shape index (κ3) is 5.47. The lowest BCUT2D eigenvalue weighted by Gasteiger charge is -2.27. The Hall–Kier alpha value is -3.73. The van der Waals surface area contributed by atoms with Crippen LogP contribution in [0.1, 0.15) is 44.6 Å². The van der Waals surface area contributed by atoms with Gasteiger partial charge >= 0.3 is 12.3 Å². The van der Waals surface area contributed by atoms with Crippen molar-refractivity contribution in [1.29, 1.82) is 5.26 Å². The Morgan fingerprint density at radius 3 is 2.34 bits per heavy atom. The minimum Gasteiger partial charge on any atom is -0.425 e. The monoisotopic (exact) mass is 597 g/mol. The topological polar surface area (TPSA) is 117 Å². The number of carbonyl (C=O) groups is 2. The Morgan fingerprint density at radius 1 is 1.10 bits per heavy atom. The van der Waals surface area contributed by atoms with E-state index in [1.54, 1.807) is 6.92 Å². The summed E-state index contributed by atoms with van der Waals surface area (Å²) in [7, 11) is -4.79. The maximum atomic E-state index is 14.3. The van der Waals surface area contributed by atoms with Gasteiger partial charge in [-0.15, -0.1) is 0 Å². The van der Waals surface area contributed by atoms with Crippen molar-refractivity contribution >= 4 is 21.8 Å². The van der Waals surface area contributed by atoms with E-state index in [0.29, 0.717) is 43.9 Å². The number of nitrogens with zero attached hydrogens (tertiary/aromatic N) is 2. The van der Waals surface area contributed by atoms with Gasteiger partial charge in [0.05, 0.1) is 21.8 Å². The van der Waals surface area contributed by atoms with Gasteiger partial charge in [0.2, 0.25) is 5.91 Å². The highest BCUT2D eigenvalue weighted by atomic mass is 32.2. The quantitative estimate of drug-likeness (QED) is 0.472. The molecule has 0 radical (unpaired) electrons. The standard InChI is InChI=1S/C27H24F5N3O5S/c1-25(6-7-25)23(36)35-13-17(12-22(35)40-24(37)34-26(14-33)8-9-26)41(38,39)21-5-2-15(10-19(21)27(30,31)32)18-4-3-16(28)11-20(18)29/h2-5,10-11,17,22H,6-9,12-13H2,1H3,(H,34,37)/t17-,22+/m1/s1. The molecular formula is C27H24F5N3O5S. The Balaban J connectivity index is 1.47. The second-order valence-corrected chi connectivity index (χ2v) is 13.1. The first-order valence-corrected chi connectivity index (χ1v) is 14.2. The number of alkyl carbamates (subject to hydrolysis) is 1. The van der Waals surface area contributed by atoms with E-state index >= 15 is 0 Å². The SMILES string of the molecule is CC1(C(=O)N2C[C@H](S(=O)(=O)c3ccc(-c4ccc(F)cc4F)cc3C(F)(F)F)C[C@@H]2OC(=O)NC2(C#N)CC2)CC1. The molecule has 2 aromatic carbocycles. The predicted molar refractivity (Wildman–Crippen MR) is 132 cm³/mol. The molecule has 0 aromatic heterocycles. The molecule has 1 N–H and O–H groups in total. The van der Waals surface area contributed by atoms with Crippen molar-refractivity contribution in [2.75, 3.05) is 6.54 Å². The number of hydrogen-bond acceptors (Lipinski definition) is 6. The molecule has 0 bridgehead atoms. The van der Waals surface area contributed by atoms with E-state index in [4.69, 9.17) is 4.74 Å². The fourth-order valence-electron chi connectivity index (χ4n) is 4.87. The van der Waals surface area contributed by atoms with Crippen LogP contribution in [-0.4, -0.2) is 48.9 Å². The van der Waals surface area contributed by atoms with E-state index in [0.717, 1.165) is 23.1 Å². The van der Waals surface area contributed by atoms with E-state index in [-0.39, 0.29) is 11.1 Å². The lowest BCUT2D eigenvalue weighted by Crippen LogP contribution is -2.45. The number of sulfone groups is 1. The van der Waals surface area contributed by atoms with Gasteiger partial charge in [0.15, 0.2) is 16.1 Å². The van der Waals surface area contributed by atoms with Gasteiger partial charge in [0.1, 0.15) is 17.2 Å². The summed E-state index contributed by atoms with van der Waals surface area (Å²) < 4.78 is 103. The molecule has 1 aliphatic heterocycles. The minimum atomic E-state index is -5.17. The third-order valence-corrected chi connectivity index (χ3v) is 10.00. The first-order valence-electron chi connectivity index (χ1n) is 12.7. The Labute approximate surface area is 232 Å². The van der Waals surface area contributed by atoms with Gasteiger partial charge in [-0.25, -0.2) is 22.0 Å². The maximum Gasteiger partial charge on any atom is 0.417 e. The molecule has 0 unspecified atom stereocenters. The number of halogens is 5. The smallest absolute Gasteiger partial charge is 0.417 e. The highest BCUT2D eigenvalue weighted by Crippen LogP contribution is 2.48. The van der Waals surface area contributed by atoms with Gasteiger partial charge in [-0.3, -0.25) is 4.79 Å². The summed E-state index contributed by atoms with van der Waals surface area (Å²) in [6, 6.07) is 6.40. The van der Waals surface area contributed by atoms with Crippen molar-refractivity contribution in [2.45, 2.75) is 67.1 Å². The van der Waals surface area contributed by atoms with Crippen LogP contribution in [0, 0.1) is 28.4 Å². The molecule has 2 aromatic rings. The second kappa shape index (κ2) is 9.68. The number of alkyl halides is 3. The molecule has 2 saturated carbocycles. The molecule has 41 heavy (non-hydrogen) atoms. The van der Waals surface area contributed by atoms with Crippen molar-refractivity contribution in [2.24, 2.45) is 5.41 Å². The second-order valence-electron chi connectivity index (χ2n) is 10.9.